The minimum absolute atomic E-state index is 0.0485. The van der Waals surface area contributed by atoms with Gasteiger partial charge in [0.25, 0.3) is 0 Å². The summed E-state index contributed by atoms with van der Waals surface area (Å²) >= 11 is 0. The highest BCUT2D eigenvalue weighted by Gasteiger charge is 2.43. The Labute approximate surface area is 136 Å². The maximum atomic E-state index is 13.9. The van der Waals surface area contributed by atoms with Crippen molar-refractivity contribution in [3.05, 3.63) is 35.4 Å². The van der Waals surface area contributed by atoms with Gasteiger partial charge >= 0.3 is 0 Å². The fourth-order valence-corrected chi connectivity index (χ4v) is 3.79. The van der Waals surface area contributed by atoms with Crippen molar-refractivity contribution in [2.24, 2.45) is 10.4 Å². The average molecular weight is 321 g/mol. The summed E-state index contributed by atoms with van der Waals surface area (Å²) in [5.74, 6) is -0.176. The molecule has 1 saturated heterocycles. The minimum atomic E-state index is -0.537. The summed E-state index contributed by atoms with van der Waals surface area (Å²) < 4.78 is 26.9. The normalized spacial score (nSPS) is 21.4. The molecule has 1 heterocycles. The van der Waals surface area contributed by atoms with E-state index in [0.29, 0.717) is 17.5 Å². The molecule has 23 heavy (non-hydrogen) atoms. The third-order valence-electron chi connectivity index (χ3n) is 5.42. The number of aliphatic imine (C=N–C) groups is 1. The van der Waals surface area contributed by atoms with Crippen LogP contribution in [0.4, 0.5) is 8.78 Å². The number of hydrogen-bond acceptors (Lipinski definition) is 1. The molecule has 1 spiro atoms. The molecule has 1 aliphatic carbocycles. The number of benzene rings is 1. The van der Waals surface area contributed by atoms with Crippen LogP contribution in [0.25, 0.3) is 0 Å². The first kappa shape index (κ1) is 16.2. The second kappa shape index (κ2) is 6.46. The third kappa shape index (κ3) is 3.33. The SMILES string of the molecule is CN=C(NCC(C)c1ccc(F)cc1F)N1CCC2(CCC2)C1. The lowest BCUT2D eigenvalue weighted by atomic mass is 9.68. The van der Waals surface area contributed by atoms with Gasteiger partial charge in [0.15, 0.2) is 5.96 Å². The topological polar surface area (TPSA) is 27.6 Å². The molecule has 3 rings (SSSR count). The molecule has 1 unspecified atom stereocenters. The monoisotopic (exact) mass is 321 g/mol. The van der Waals surface area contributed by atoms with Gasteiger partial charge in [-0.1, -0.05) is 19.4 Å². The van der Waals surface area contributed by atoms with Crippen LogP contribution in [0.1, 0.15) is 44.1 Å². The minimum Gasteiger partial charge on any atom is -0.356 e. The molecule has 2 aliphatic rings. The molecule has 1 saturated carbocycles. The van der Waals surface area contributed by atoms with Gasteiger partial charge in [0.1, 0.15) is 11.6 Å². The van der Waals surface area contributed by atoms with Crippen molar-refractivity contribution in [3.63, 3.8) is 0 Å². The first-order valence-electron chi connectivity index (χ1n) is 8.43. The van der Waals surface area contributed by atoms with Gasteiger partial charge in [-0.25, -0.2) is 8.78 Å². The van der Waals surface area contributed by atoms with Gasteiger partial charge in [0, 0.05) is 38.7 Å². The van der Waals surface area contributed by atoms with Gasteiger partial charge in [0.05, 0.1) is 0 Å². The van der Waals surface area contributed by atoms with Crippen LogP contribution < -0.4 is 5.32 Å². The number of guanidine groups is 1. The maximum absolute atomic E-state index is 13.9. The van der Waals surface area contributed by atoms with E-state index in [0.717, 1.165) is 25.1 Å². The summed E-state index contributed by atoms with van der Waals surface area (Å²) in [6.45, 7) is 4.64. The Morgan fingerprint density at radius 3 is 2.70 bits per heavy atom. The number of rotatable bonds is 3. The van der Waals surface area contributed by atoms with Crippen molar-refractivity contribution in [1.29, 1.82) is 0 Å². The molecule has 5 heteroatoms. The number of halogens is 2. The molecule has 1 atom stereocenters. The van der Waals surface area contributed by atoms with Crippen molar-refractivity contribution >= 4 is 5.96 Å². The zero-order valence-electron chi connectivity index (χ0n) is 13.9. The Morgan fingerprint density at radius 2 is 2.13 bits per heavy atom. The zero-order valence-corrected chi connectivity index (χ0v) is 13.9. The Bertz CT molecular complexity index is 596. The highest BCUT2D eigenvalue weighted by molar-refractivity contribution is 5.80. The van der Waals surface area contributed by atoms with E-state index >= 15 is 0 Å². The average Bonchev–Trinajstić information content (AvgIpc) is 2.93. The van der Waals surface area contributed by atoms with Gasteiger partial charge < -0.3 is 10.2 Å². The molecule has 0 radical (unpaired) electrons. The molecule has 2 fully saturated rings. The number of hydrogen-bond donors (Lipinski definition) is 1. The Balaban J connectivity index is 1.58. The molecular weight excluding hydrogens is 296 g/mol. The van der Waals surface area contributed by atoms with Crippen LogP contribution >= 0.6 is 0 Å². The first-order valence-corrected chi connectivity index (χ1v) is 8.43. The smallest absolute Gasteiger partial charge is 0.193 e. The fourth-order valence-electron chi connectivity index (χ4n) is 3.79. The maximum Gasteiger partial charge on any atom is 0.193 e. The standard InChI is InChI=1S/C18H25F2N3/c1-13(15-5-4-14(19)10-16(15)20)11-22-17(21-2)23-9-8-18(12-23)6-3-7-18/h4-5,10,13H,3,6-9,11-12H2,1-2H3,(H,21,22). The largest absolute Gasteiger partial charge is 0.356 e. The molecular formula is C18H25F2N3. The Morgan fingerprint density at radius 1 is 1.35 bits per heavy atom. The molecule has 1 N–H and O–H groups in total. The van der Waals surface area contributed by atoms with Gasteiger partial charge in [-0.3, -0.25) is 4.99 Å². The molecule has 3 nitrogen and oxygen atoms in total. The summed E-state index contributed by atoms with van der Waals surface area (Å²) in [7, 11) is 1.79. The molecule has 126 valence electrons. The van der Waals surface area contributed by atoms with Gasteiger partial charge in [-0.2, -0.15) is 0 Å². The van der Waals surface area contributed by atoms with E-state index in [-0.39, 0.29) is 5.92 Å². The first-order chi connectivity index (χ1) is 11.0. The van der Waals surface area contributed by atoms with E-state index < -0.39 is 11.6 Å². The van der Waals surface area contributed by atoms with Gasteiger partial charge in [0.2, 0.25) is 0 Å². The van der Waals surface area contributed by atoms with Crippen LogP contribution in [0.3, 0.4) is 0 Å². The van der Waals surface area contributed by atoms with E-state index in [1.165, 1.54) is 37.8 Å². The van der Waals surface area contributed by atoms with Crippen molar-refractivity contribution in [1.82, 2.24) is 10.2 Å². The molecule has 1 aliphatic heterocycles. The second-order valence-corrected chi connectivity index (χ2v) is 7.02. The zero-order chi connectivity index (χ0) is 16.4. The lowest BCUT2D eigenvalue weighted by Gasteiger charge is -2.38. The third-order valence-corrected chi connectivity index (χ3v) is 5.42. The molecule has 1 aromatic carbocycles. The van der Waals surface area contributed by atoms with Crippen LogP contribution in [-0.2, 0) is 0 Å². The lowest BCUT2D eigenvalue weighted by molar-refractivity contribution is 0.151. The van der Waals surface area contributed by atoms with Gasteiger partial charge in [-0.05, 0) is 36.3 Å². The van der Waals surface area contributed by atoms with Crippen molar-refractivity contribution in [2.75, 3.05) is 26.7 Å². The summed E-state index contributed by atoms with van der Waals surface area (Å²) in [6, 6.07) is 3.78. The van der Waals surface area contributed by atoms with Gasteiger partial charge in [-0.15, -0.1) is 0 Å². The molecule has 0 amide bonds. The number of nitrogens with one attached hydrogen (secondary N) is 1. The summed E-state index contributed by atoms with van der Waals surface area (Å²) in [5, 5.41) is 3.35. The van der Waals surface area contributed by atoms with E-state index in [9.17, 15) is 8.78 Å². The molecule has 0 aromatic heterocycles. The Kier molecular flexibility index (Phi) is 4.55. The molecule has 0 bridgehead atoms. The van der Waals surface area contributed by atoms with E-state index in [2.05, 4.69) is 15.2 Å². The van der Waals surface area contributed by atoms with E-state index in [4.69, 9.17) is 0 Å². The van der Waals surface area contributed by atoms with Crippen LogP contribution in [-0.4, -0.2) is 37.5 Å². The highest BCUT2D eigenvalue weighted by Crippen LogP contribution is 2.47. The van der Waals surface area contributed by atoms with Crippen LogP contribution in [0.5, 0.6) is 0 Å². The number of likely N-dealkylation sites (tertiary alicyclic amines) is 1. The molecule has 1 aromatic rings. The number of nitrogens with zero attached hydrogens (tertiary/aromatic N) is 2. The van der Waals surface area contributed by atoms with Crippen LogP contribution in [0, 0.1) is 17.0 Å². The van der Waals surface area contributed by atoms with Crippen LogP contribution in [0.15, 0.2) is 23.2 Å². The van der Waals surface area contributed by atoms with Crippen molar-refractivity contribution in [3.8, 4) is 0 Å². The summed E-state index contributed by atoms with van der Waals surface area (Å²) in [5.41, 5.74) is 1.05. The predicted octanol–water partition coefficient (Wildman–Crippen LogP) is 3.52. The Hall–Kier alpha value is -1.65. The predicted molar refractivity (Wildman–Crippen MR) is 88.6 cm³/mol. The lowest BCUT2D eigenvalue weighted by Crippen LogP contribution is -2.43. The van der Waals surface area contributed by atoms with E-state index in [1.807, 2.05) is 6.92 Å². The van der Waals surface area contributed by atoms with E-state index in [1.54, 1.807) is 7.05 Å². The van der Waals surface area contributed by atoms with Crippen molar-refractivity contribution in [2.45, 2.75) is 38.5 Å². The summed E-state index contributed by atoms with van der Waals surface area (Å²) in [6.07, 6.45) is 5.26. The highest BCUT2D eigenvalue weighted by atomic mass is 19.1. The second-order valence-electron chi connectivity index (χ2n) is 7.02. The fraction of sp³-hybridized carbons (Fsp3) is 0.611. The van der Waals surface area contributed by atoms with Crippen LogP contribution in [0.2, 0.25) is 0 Å². The summed E-state index contributed by atoms with van der Waals surface area (Å²) in [4.78, 5) is 6.69. The van der Waals surface area contributed by atoms with Crippen molar-refractivity contribution < 1.29 is 8.78 Å². The quantitative estimate of drug-likeness (QED) is 0.681.